The number of carbonyl (C=O) groups excluding carboxylic acids is 1. The lowest BCUT2D eigenvalue weighted by atomic mass is 9.81. The van der Waals surface area contributed by atoms with E-state index < -0.39 is 16.9 Å². The van der Waals surface area contributed by atoms with E-state index in [1.165, 1.54) is 12.1 Å². The molecule has 1 aromatic rings. The molecule has 1 amide bonds. The zero-order chi connectivity index (χ0) is 19.8. The maximum Gasteiger partial charge on any atom is 0.311 e. The fraction of sp³-hybridized carbons (Fsp3) is 0.619. The number of hydrogen-bond acceptors (Lipinski definition) is 3. The van der Waals surface area contributed by atoms with Crippen molar-refractivity contribution in [1.29, 1.82) is 0 Å². The normalized spacial score (nSPS) is 25.4. The van der Waals surface area contributed by atoms with Crippen molar-refractivity contribution < 1.29 is 19.1 Å². The van der Waals surface area contributed by atoms with Crippen LogP contribution >= 0.6 is 0 Å². The summed E-state index contributed by atoms with van der Waals surface area (Å²) in [6.07, 6.45) is 2.57. The van der Waals surface area contributed by atoms with Crippen LogP contribution in [0.5, 0.6) is 0 Å². The number of hydrogen-bond donors (Lipinski definition) is 1. The minimum atomic E-state index is -0.729. The van der Waals surface area contributed by atoms with Gasteiger partial charge in [0.2, 0.25) is 5.91 Å². The summed E-state index contributed by atoms with van der Waals surface area (Å²) < 4.78 is 13.5. The first-order valence-electron chi connectivity index (χ1n) is 9.62. The van der Waals surface area contributed by atoms with Gasteiger partial charge in [0.15, 0.2) is 0 Å². The Morgan fingerprint density at radius 2 is 2.11 bits per heavy atom. The third kappa shape index (κ3) is 4.00. The van der Waals surface area contributed by atoms with Crippen LogP contribution in [0, 0.1) is 17.2 Å². The number of halogens is 1. The van der Waals surface area contributed by atoms with Crippen molar-refractivity contribution in [2.75, 3.05) is 19.6 Å². The van der Waals surface area contributed by atoms with Gasteiger partial charge < -0.3 is 10.0 Å². The van der Waals surface area contributed by atoms with Crippen molar-refractivity contribution in [2.45, 2.75) is 52.1 Å². The van der Waals surface area contributed by atoms with Crippen LogP contribution in [0.2, 0.25) is 0 Å². The van der Waals surface area contributed by atoms with Gasteiger partial charge in [-0.15, -0.1) is 0 Å². The second-order valence-electron chi connectivity index (χ2n) is 9.00. The number of benzene rings is 1. The molecule has 2 atom stereocenters. The van der Waals surface area contributed by atoms with Gasteiger partial charge in [-0.2, -0.15) is 0 Å². The first-order valence-corrected chi connectivity index (χ1v) is 9.62. The summed E-state index contributed by atoms with van der Waals surface area (Å²) in [5, 5.41) is 9.73. The largest absolute Gasteiger partial charge is 0.481 e. The van der Waals surface area contributed by atoms with Crippen LogP contribution in [-0.2, 0) is 16.1 Å². The summed E-state index contributed by atoms with van der Waals surface area (Å²) in [5.41, 5.74) is -0.350. The van der Waals surface area contributed by atoms with Crippen LogP contribution < -0.4 is 0 Å². The zero-order valence-corrected chi connectivity index (χ0v) is 16.4. The van der Waals surface area contributed by atoms with Gasteiger partial charge in [-0.1, -0.05) is 18.6 Å². The fourth-order valence-corrected chi connectivity index (χ4v) is 4.66. The number of carbonyl (C=O) groups is 2. The molecule has 0 radical (unpaired) electrons. The summed E-state index contributed by atoms with van der Waals surface area (Å²) in [5.74, 6) is -0.960. The molecular weight excluding hydrogens is 347 g/mol. The molecule has 0 unspecified atom stereocenters. The third-order valence-electron chi connectivity index (χ3n) is 6.07. The predicted octanol–water partition coefficient (Wildman–Crippen LogP) is 3.14. The molecule has 0 aromatic heterocycles. The fourth-order valence-electron chi connectivity index (χ4n) is 4.66. The highest BCUT2D eigenvalue weighted by molar-refractivity contribution is 5.80. The topological polar surface area (TPSA) is 60.9 Å². The summed E-state index contributed by atoms with van der Waals surface area (Å²) in [6.45, 7) is 7.52. The molecule has 2 aliphatic rings. The molecule has 1 saturated carbocycles. The first-order chi connectivity index (χ1) is 12.6. The molecule has 2 fully saturated rings. The molecule has 1 N–H and O–H groups in total. The maximum absolute atomic E-state index is 13.5. The second-order valence-corrected chi connectivity index (χ2v) is 9.00. The van der Waals surface area contributed by atoms with E-state index in [1.54, 1.807) is 11.0 Å². The minimum absolute atomic E-state index is 0.0488. The molecule has 0 bridgehead atoms. The lowest BCUT2D eigenvalue weighted by molar-refractivity contribution is -0.150. The van der Waals surface area contributed by atoms with E-state index in [1.807, 2.05) is 31.7 Å². The Morgan fingerprint density at radius 3 is 2.70 bits per heavy atom. The summed E-state index contributed by atoms with van der Waals surface area (Å²) >= 11 is 0. The predicted molar refractivity (Wildman–Crippen MR) is 101 cm³/mol. The Hall–Kier alpha value is -1.95. The first kappa shape index (κ1) is 19.8. The van der Waals surface area contributed by atoms with Crippen molar-refractivity contribution in [3.8, 4) is 0 Å². The van der Waals surface area contributed by atoms with E-state index in [0.29, 0.717) is 26.1 Å². The highest BCUT2D eigenvalue weighted by atomic mass is 19.1. The van der Waals surface area contributed by atoms with Crippen LogP contribution in [0.25, 0.3) is 0 Å². The Balaban J connectivity index is 1.71. The van der Waals surface area contributed by atoms with Crippen molar-refractivity contribution >= 4 is 11.9 Å². The Morgan fingerprint density at radius 1 is 1.37 bits per heavy atom. The van der Waals surface area contributed by atoms with Gasteiger partial charge >= 0.3 is 5.97 Å². The van der Waals surface area contributed by atoms with Crippen LogP contribution in [0.3, 0.4) is 0 Å². The van der Waals surface area contributed by atoms with Crippen molar-refractivity contribution in [3.63, 3.8) is 0 Å². The average molecular weight is 376 g/mol. The van der Waals surface area contributed by atoms with Crippen LogP contribution in [0.1, 0.15) is 45.6 Å². The van der Waals surface area contributed by atoms with Crippen molar-refractivity contribution in [1.82, 2.24) is 9.80 Å². The summed E-state index contributed by atoms with van der Waals surface area (Å²) in [7, 11) is 0. The van der Waals surface area contributed by atoms with E-state index >= 15 is 0 Å². The molecule has 148 valence electrons. The quantitative estimate of drug-likeness (QED) is 0.858. The van der Waals surface area contributed by atoms with Gasteiger partial charge in [-0.05, 0) is 57.2 Å². The lowest BCUT2D eigenvalue weighted by Gasteiger charge is -2.37. The van der Waals surface area contributed by atoms with Gasteiger partial charge in [-0.3, -0.25) is 14.5 Å². The van der Waals surface area contributed by atoms with Gasteiger partial charge in [0.05, 0.1) is 12.0 Å². The van der Waals surface area contributed by atoms with E-state index in [2.05, 4.69) is 0 Å². The van der Waals surface area contributed by atoms with Gasteiger partial charge in [0, 0.05) is 25.2 Å². The molecule has 0 spiro atoms. The molecule has 1 aromatic carbocycles. The number of aliphatic carboxylic acids is 1. The van der Waals surface area contributed by atoms with Crippen LogP contribution in [0.4, 0.5) is 4.39 Å². The number of nitrogens with zero attached hydrogens (tertiary/aromatic N) is 2. The Labute approximate surface area is 160 Å². The standard InChI is InChI=1S/C21H29FN2O3/c1-20(2,3)24(11-15-6-4-8-17(22)10-15)18(25)13-23-12-16-7-5-9-21(16,14-23)19(26)27/h4,6,8,10,16H,5,7,9,11-14H2,1-3H3,(H,26,27)/t16-,21+/m0/s1. The SMILES string of the molecule is CC(C)(C)N(Cc1cccc(F)c1)C(=O)CN1C[C@@H]2CCC[C@@]2(C(=O)O)C1. The molecule has 1 saturated heterocycles. The molecule has 5 nitrogen and oxygen atoms in total. The number of carboxylic acid groups (broad SMARTS) is 1. The summed E-state index contributed by atoms with van der Waals surface area (Å²) in [4.78, 5) is 28.7. The maximum atomic E-state index is 13.5. The zero-order valence-electron chi connectivity index (χ0n) is 16.4. The molecule has 1 aliphatic heterocycles. The van der Waals surface area contributed by atoms with Crippen molar-refractivity contribution in [3.05, 3.63) is 35.6 Å². The number of fused-ring (bicyclic) bond motifs is 1. The van der Waals surface area contributed by atoms with Gasteiger partial charge in [-0.25, -0.2) is 4.39 Å². The number of likely N-dealkylation sites (tertiary alicyclic amines) is 1. The van der Waals surface area contributed by atoms with E-state index in [-0.39, 0.29) is 24.2 Å². The molecular formula is C21H29FN2O3. The highest BCUT2D eigenvalue weighted by Gasteiger charge is 2.55. The van der Waals surface area contributed by atoms with Gasteiger partial charge in [0.25, 0.3) is 0 Å². The van der Waals surface area contributed by atoms with Gasteiger partial charge in [0.1, 0.15) is 5.82 Å². The molecule has 1 heterocycles. The number of amides is 1. The molecule has 3 rings (SSSR count). The minimum Gasteiger partial charge on any atom is -0.481 e. The summed E-state index contributed by atoms with van der Waals surface area (Å²) in [6, 6.07) is 6.30. The molecule has 6 heteroatoms. The highest BCUT2D eigenvalue weighted by Crippen LogP contribution is 2.48. The lowest BCUT2D eigenvalue weighted by Crippen LogP contribution is -2.49. The van der Waals surface area contributed by atoms with Crippen LogP contribution in [0.15, 0.2) is 24.3 Å². The van der Waals surface area contributed by atoms with E-state index in [0.717, 1.165) is 18.4 Å². The third-order valence-corrected chi connectivity index (χ3v) is 6.07. The smallest absolute Gasteiger partial charge is 0.311 e. The molecule has 1 aliphatic carbocycles. The van der Waals surface area contributed by atoms with E-state index in [4.69, 9.17) is 0 Å². The van der Waals surface area contributed by atoms with Crippen molar-refractivity contribution in [2.24, 2.45) is 11.3 Å². The number of carboxylic acids is 1. The Kier molecular flexibility index (Phi) is 5.30. The monoisotopic (exact) mass is 376 g/mol. The average Bonchev–Trinajstić information content (AvgIpc) is 3.09. The Bertz CT molecular complexity index is 730. The second kappa shape index (κ2) is 7.23. The molecule has 27 heavy (non-hydrogen) atoms. The van der Waals surface area contributed by atoms with E-state index in [9.17, 15) is 19.1 Å². The number of rotatable bonds is 5. The van der Waals surface area contributed by atoms with Crippen LogP contribution in [-0.4, -0.2) is 52.0 Å².